The van der Waals surface area contributed by atoms with Crippen molar-refractivity contribution in [3.63, 3.8) is 0 Å². The Morgan fingerprint density at radius 3 is 2.43 bits per heavy atom. The molecule has 0 unspecified atom stereocenters. The minimum Gasteiger partial charge on any atom is -0.507 e. The average molecular weight is 418 g/mol. The van der Waals surface area contributed by atoms with Crippen LogP contribution in [0, 0.1) is 0 Å². The number of hydrogen-bond acceptors (Lipinski definition) is 8. The Morgan fingerprint density at radius 1 is 1.03 bits per heavy atom. The van der Waals surface area contributed by atoms with Gasteiger partial charge in [-0.15, -0.1) is 0 Å². The number of carbonyl (C=O) groups is 3. The second-order valence-electron chi connectivity index (χ2n) is 6.66. The van der Waals surface area contributed by atoms with Crippen LogP contribution in [-0.4, -0.2) is 49.4 Å². The molecule has 0 fully saturated rings. The molecule has 0 spiro atoms. The maximum absolute atomic E-state index is 12.7. The van der Waals surface area contributed by atoms with E-state index in [0.29, 0.717) is 24.2 Å². The van der Waals surface area contributed by atoms with Gasteiger partial charge < -0.3 is 24.1 Å². The van der Waals surface area contributed by atoms with Gasteiger partial charge in [-0.2, -0.15) is 0 Å². The standard InChI is InChI=1S/C22H26O8/c1-15-7-5-9-19(24)28-11-3-4-12-29-20(25)10-6-8-16-13-17(27-2)14-18(23)21(16)22(26)30-15/h3-4,6,8,13-15,23H,5,7,9-12H2,1-2H3/b4-3-,8-6+/t15-/m0/s1. The molecular weight excluding hydrogens is 392 g/mol. The van der Waals surface area contributed by atoms with E-state index < -0.39 is 18.0 Å². The summed E-state index contributed by atoms with van der Waals surface area (Å²) < 4.78 is 20.6. The Morgan fingerprint density at radius 2 is 1.73 bits per heavy atom. The number of fused-ring (bicyclic) bond motifs is 1. The number of cyclic esters (lactones) is 3. The van der Waals surface area contributed by atoms with Gasteiger partial charge in [-0.1, -0.05) is 12.2 Å². The third kappa shape index (κ3) is 7.27. The third-order valence-corrected chi connectivity index (χ3v) is 4.29. The molecule has 1 aromatic carbocycles. The van der Waals surface area contributed by atoms with Crippen molar-refractivity contribution in [1.82, 2.24) is 0 Å². The zero-order chi connectivity index (χ0) is 21.9. The van der Waals surface area contributed by atoms with E-state index in [2.05, 4.69) is 0 Å². The van der Waals surface area contributed by atoms with Crippen LogP contribution in [-0.2, 0) is 23.8 Å². The predicted molar refractivity (Wildman–Crippen MR) is 108 cm³/mol. The van der Waals surface area contributed by atoms with Crippen LogP contribution >= 0.6 is 0 Å². The second kappa shape index (κ2) is 11.6. The van der Waals surface area contributed by atoms with Gasteiger partial charge in [0.2, 0.25) is 0 Å². The van der Waals surface area contributed by atoms with Gasteiger partial charge in [0.15, 0.2) is 0 Å². The largest absolute Gasteiger partial charge is 0.507 e. The fourth-order valence-electron chi connectivity index (χ4n) is 2.76. The molecule has 1 aliphatic rings. The molecule has 0 radical (unpaired) electrons. The molecule has 0 bridgehead atoms. The van der Waals surface area contributed by atoms with E-state index in [1.54, 1.807) is 25.1 Å². The van der Waals surface area contributed by atoms with Gasteiger partial charge in [0.05, 0.1) is 19.6 Å². The Balaban J connectivity index is 2.26. The molecule has 2 rings (SSSR count). The Bertz CT molecular complexity index is 825. The van der Waals surface area contributed by atoms with E-state index in [0.717, 1.165) is 0 Å². The summed E-state index contributed by atoms with van der Waals surface area (Å²) in [5.74, 6) is -1.51. The number of aromatic hydroxyl groups is 1. The summed E-state index contributed by atoms with van der Waals surface area (Å²) in [6, 6.07) is 2.87. The van der Waals surface area contributed by atoms with E-state index in [1.807, 2.05) is 0 Å². The number of esters is 3. The van der Waals surface area contributed by atoms with Gasteiger partial charge >= 0.3 is 17.9 Å². The molecule has 0 aliphatic carbocycles. The predicted octanol–water partition coefficient (Wildman–Crippen LogP) is 3.18. The number of phenols is 1. The number of methoxy groups -OCH3 is 1. The highest BCUT2D eigenvalue weighted by Crippen LogP contribution is 2.30. The lowest BCUT2D eigenvalue weighted by molar-refractivity contribution is -0.143. The molecule has 0 amide bonds. The van der Waals surface area contributed by atoms with Crippen molar-refractivity contribution in [3.8, 4) is 11.5 Å². The van der Waals surface area contributed by atoms with Crippen LogP contribution in [0.2, 0.25) is 0 Å². The summed E-state index contributed by atoms with van der Waals surface area (Å²) >= 11 is 0. The fraction of sp³-hybridized carbons (Fsp3) is 0.409. The number of ether oxygens (including phenoxy) is 4. The first-order valence-corrected chi connectivity index (χ1v) is 9.65. The summed E-state index contributed by atoms with van der Waals surface area (Å²) in [5, 5.41) is 10.3. The third-order valence-electron chi connectivity index (χ3n) is 4.29. The van der Waals surface area contributed by atoms with Crippen molar-refractivity contribution in [2.24, 2.45) is 0 Å². The first-order valence-electron chi connectivity index (χ1n) is 9.65. The van der Waals surface area contributed by atoms with E-state index in [9.17, 15) is 19.5 Å². The highest BCUT2D eigenvalue weighted by Gasteiger charge is 2.21. The summed E-state index contributed by atoms with van der Waals surface area (Å²) in [6.45, 7) is 1.86. The molecule has 1 atom stereocenters. The summed E-state index contributed by atoms with van der Waals surface area (Å²) in [7, 11) is 1.44. The fourth-order valence-corrected chi connectivity index (χ4v) is 2.76. The molecular formula is C22H26O8. The molecule has 8 nitrogen and oxygen atoms in total. The van der Waals surface area contributed by atoms with Crippen LogP contribution in [0.4, 0.5) is 0 Å². The minimum absolute atomic E-state index is 0.0347. The minimum atomic E-state index is -0.713. The quantitative estimate of drug-likeness (QED) is 0.421. The summed E-state index contributed by atoms with van der Waals surface area (Å²) in [6.07, 6.45) is 6.87. The van der Waals surface area contributed by atoms with Gasteiger partial charge in [-0.3, -0.25) is 9.59 Å². The lowest BCUT2D eigenvalue weighted by atomic mass is 10.0. The topological polar surface area (TPSA) is 108 Å². The molecule has 0 aromatic heterocycles. The van der Waals surface area contributed by atoms with Crippen molar-refractivity contribution >= 4 is 24.0 Å². The Kier molecular flexibility index (Phi) is 8.93. The Hall–Kier alpha value is -3.29. The van der Waals surface area contributed by atoms with Gasteiger partial charge in [0, 0.05) is 12.5 Å². The van der Waals surface area contributed by atoms with Crippen molar-refractivity contribution < 1.29 is 38.4 Å². The van der Waals surface area contributed by atoms with Gasteiger partial charge in [-0.25, -0.2) is 4.79 Å². The Labute approximate surface area is 175 Å². The molecule has 1 N–H and O–H groups in total. The molecule has 30 heavy (non-hydrogen) atoms. The van der Waals surface area contributed by atoms with E-state index in [1.165, 1.54) is 25.3 Å². The molecule has 8 heteroatoms. The van der Waals surface area contributed by atoms with Crippen LogP contribution < -0.4 is 4.74 Å². The normalized spacial score (nSPS) is 21.5. The molecule has 0 saturated heterocycles. The van der Waals surface area contributed by atoms with Gasteiger partial charge in [0.25, 0.3) is 0 Å². The number of benzene rings is 1. The van der Waals surface area contributed by atoms with Crippen molar-refractivity contribution in [2.45, 2.75) is 38.7 Å². The SMILES string of the molecule is COc1cc(O)c2c(c1)/C=C/CC(=O)OC/C=C\COC(=O)CCC[C@H](C)OC2=O. The zero-order valence-electron chi connectivity index (χ0n) is 17.1. The molecule has 0 saturated carbocycles. The number of rotatable bonds is 1. The van der Waals surface area contributed by atoms with E-state index in [-0.39, 0.29) is 43.3 Å². The lowest BCUT2D eigenvalue weighted by Gasteiger charge is -2.15. The monoisotopic (exact) mass is 418 g/mol. The van der Waals surface area contributed by atoms with Gasteiger partial charge in [0.1, 0.15) is 30.3 Å². The highest BCUT2D eigenvalue weighted by molar-refractivity contribution is 5.97. The first kappa shape index (κ1) is 23.0. The van der Waals surface area contributed by atoms with Crippen LogP contribution in [0.3, 0.4) is 0 Å². The van der Waals surface area contributed by atoms with Crippen LogP contribution in [0.15, 0.2) is 30.4 Å². The molecule has 1 aliphatic heterocycles. The van der Waals surface area contributed by atoms with Crippen molar-refractivity contribution in [1.29, 1.82) is 0 Å². The lowest BCUT2D eigenvalue weighted by Crippen LogP contribution is -2.17. The molecule has 1 heterocycles. The van der Waals surface area contributed by atoms with Crippen LogP contribution in [0.25, 0.3) is 6.08 Å². The number of hydrogen-bond donors (Lipinski definition) is 1. The molecule has 162 valence electrons. The number of phenolic OH excluding ortho intramolecular Hbond substituents is 1. The zero-order valence-corrected chi connectivity index (χ0v) is 17.1. The van der Waals surface area contributed by atoms with Gasteiger partial charge in [-0.05, 0) is 43.5 Å². The maximum Gasteiger partial charge on any atom is 0.342 e. The maximum atomic E-state index is 12.7. The second-order valence-corrected chi connectivity index (χ2v) is 6.66. The first-order chi connectivity index (χ1) is 14.4. The highest BCUT2D eigenvalue weighted by atomic mass is 16.5. The van der Waals surface area contributed by atoms with Crippen LogP contribution in [0.5, 0.6) is 11.5 Å². The van der Waals surface area contributed by atoms with Crippen LogP contribution in [0.1, 0.15) is 48.5 Å². The van der Waals surface area contributed by atoms with E-state index in [4.69, 9.17) is 18.9 Å². The average Bonchev–Trinajstić information content (AvgIpc) is 2.69. The van der Waals surface area contributed by atoms with Crippen molar-refractivity contribution in [3.05, 3.63) is 41.5 Å². The summed E-state index contributed by atoms with van der Waals surface area (Å²) in [4.78, 5) is 36.2. The van der Waals surface area contributed by atoms with Crippen molar-refractivity contribution in [2.75, 3.05) is 20.3 Å². The van der Waals surface area contributed by atoms with E-state index >= 15 is 0 Å². The number of carbonyl (C=O) groups excluding carboxylic acids is 3. The summed E-state index contributed by atoms with van der Waals surface area (Å²) in [5.41, 5.74) is 0.311. The molecule has 1 aromatic rings. The smallest absolute Gasteiger partial charge is 0.342 e.